The standard InChI is InChI=1S/C7H12N2/c1-4-5-7(2)6-9-8-3/h6-8H,1-3H3/b9-6-. The summed E-state index contributed by atoms with van der Waals surface area (Å²) in [5, 5.41) is 3.81. The topological polar surface area (TPSA) is 24.4 Å². The summed E-state index contributed by atoms with van der Waals surface area (Å²) in [5.74, 6) is 6.00. The molecule has 0 spiro atoms. The summed E-state index contributed by atoms with van der Waals surface area (Å²) in [6.07, 6.45) is 1.77. The lowest BCUT2D eigenvalue weighted by atomic mass is 10.2. The summed E-state index contributed by atoms with van der Waals surface area (Å²) >= 11 is 0. The maximum Gasteiger partial charge on any atom is 0.0544 e. The Kier molecular flexibility index (Phi) is 4.61. The molecule has 9 heavy (non-hydrogen) atoms. The Morgan fingerprint density at radius 3 is 2.78 bits per heavy atom. The number of nitrogens with one attached hydrogen (secondary N) is 1. The van der Waals surface area contributed by atoms with Crippen molar-refractivity contribution in [2.45, 2.75) is 13.8 Å². The van der Waals surface area contributed by atoms with Gasteiger partial charge in [-0.3, -0.25) is 0 Å². The molecule has 0 amide bonds. The lowest BCUT2D eigenvalue weighted by Crippen LogP contribution is -1.98. The molecule has 0 radical (unpaired) electrons. The van der Waals surface area contributed by atoms with E-state index in [4.69, 9.17) is 0 Å². The molecule has 2 heteroatoms. The molecule has 0 rings (SSSR count). The van der Waals surface area contributed by atoms with Crippen LogP contribution in [0.3, 0.4) is 0 Å². The molecule has 0 bridgehead atoms. The molecule has 1 atom stereocenters. The van der Waals surface area contributed by atoms with E-state index in [-0.39, 0.29) is 5.92 Å². The number of hydrazone groups is 1. The maximum absolute atomic E-state index is 3.81. The highest BCUT2D eigenvalue weighted by Crippen LogP contribution is 1.83. The molecule has 0 aliphatic carbocycles. The van der Waals surface area contributed by atoms with Crippen LogP contribution >= 0.6 is 0 Å². The second-order valence-electron chi connectivity index (χ2n) is 1.68. The molecule has 2 nitrogen and oxygen atoms in total. The first-order chi connectivity index (χ1) is 4.31. The molecule has 1 unspecified atom stereocenters. The van der Waals surface area contributed by atoms with Gasteiger partial charge in [-0.05, 0) is 13.8 Å². The highest BCUT2D eigenvalue weighted by atomic mass is 15.3. The average molecular weight is 124 g/mol. The Hall–Kier alpha value is -0.970. The molecular formula is C7H12N2. The average Bonchev–Trinajstić information content (AvgIpc) is 1.85. The number of nitrogens with zero attached hydrogens (tertiary/aromatic N) is 1. The van der Waals surface area contributed by atoms with Crippen molar-refractivity contribution >= 4 is 6.21 Å². The van der Waals surface area contributed by atoms with Gasteiger partial charge >= 0.3 is 0 Å². The van der Waals surface area contributed by atoms with Gasteiger partial charge in [-0.15, -0.1) is 5.92 Å². The quantitative estimate of drug-likeness (QED) is 0.329. The fraction of sp³-hybridized carbons (Fsp3) is 0.571. The van der Waals surface area contributed by atoms with E-state index in [2.05, 4.69) is 22.4 Å². The predicted octanol–water partition coefficient (Wildman–Crippen LogP) is 0.851. The third-order valence-corrected chi connectivity index (χ3v) is 0.799. The largest absolute Gasteiger partial charge is 0.313 e. The zero-order valence-corrected chi connectivity index (χ0v) is 6.10. The van der Waals surface area contributed by atoms with E-state index in [0.29, 0.717) is 0 Å². The lowest BCUT2D eigenvalue weighted by Gasteiger charge is -1.90. The van der Waals surface area contributed by atoms with Crippen molar-refractivity contribution in [1.82, 2.24) is 5.43 Å². The third-order valence-electron chi connectivity index (χ3n) is 0.799. The van der Waals surface area contributed by atoms with Gasteiger partial charge in [0.2, 0.25) is 0 Å². The fourth-order valence-corrected chi connectivity index (χ4v) is 0.451. The van der Waals surface area contributed by atoms with E-state index in [0.717, 1.165) is 0 Å². The second kappa shape index (κ2) is 5.17. The molecular weight excluding hydrogens is 112 g/mol. The van der Waals surface area contributed by atoms with Gasteiger partial charge in [0.15, 0.2) is 0 Å². The summed E-state index contributed by atoms with van der Waals surface area (Å²) in [6.45, 7) is 3.82. The first kappa shape index (κ1) is 8.03. The molecule has 0 saturated heterocycles. The van der Waals surface area contributed by atoms with Crippen LogP contribution in [0.1, 0.15) is 13.8 Å². The van der Waals surface area contributed by atoms with Gasteiger partial charge in [-0.2, -0.15) is 5.10 Å². The van der Waals surface area contributed by atoms with E-state index >= 15 is 0 Å². The van der Waals surface area contributed by atoms with Crippen LogP contribution in [-0.2, 0) is 0 Å². The summed E-state index contributed by atoms with van der Waals surface area (Å²) in [5.41, 5.74) is 2.66. The van der Waals surface area contributed by atoms with Gasteiger partial charge in [0.25, 0.3) is 0 Å². The van der Waals surface area contributed by atoms with Crippen LogP contribution in [-0.4, -0.2) is 13.3 Å². The van der Waals surface area contributed by atoms with Gasteiger partial charge in [0.1, 0.15) is 0 Å². The Bertz CT molecular complexity index is 139. The third kappa shape index (κ3) is 4.89. The van der Waals surface area contributed by atoms with Crippen molar-refractivity contribution in [2.24, 2.45) is 11.0 Å². The summed E-state index contributed by atoms with van der Waals surface area (Å²) in [4.78, 5) is 0. The predicted molar refractivity (Wildman–Crippen MR) is 40.2 cm³/mol. The van der Waals surface area contributed by atoms with Crippen molar-refractivity contribution < 1.29 is 0 Å². The van der Waals surface area contributed by atoms with Crippen molar-refractivity contribution in [3.63, 3.8) is 0 Å². The molecule has 0 aliphatic rings. The van der Waals surface area contributed by atoms with E-state index in [9.17, 15) is 0 Å². The molecule has 50 valence electrons. The smallest absolute Gasteiger partial charge is 0.0544 e. The van der Waals surface area contributed by atoms with Crippen LogP contribution < -0.4 is 5.43 Å². The van der Waals surface area contributed by atoms with E-state index in [1.165, 1.54) is 0 Å². The Balaban J connectivity index is 3.57. The molecule has 0 fully saturated rings. The highest BCUT2D eigenvalue weighted by molar-refractivity contribution is 5.63. The van der Waals surface area contributed by atoms with Crippen molar-refractivity contribution in [3.8, 4) is 11.8 Å². The van der Waals surface area contributed by atoms with Crippen molar-refractivity contribution in [1.29, 1.82) is 0 Å². The van der Waals surface area contributed by atoms with Crippen LogP contribution in [0.15, 0.2) is 5.10 Å². The molecule has 1 N–H and O–H groups in total. The highest BCUT2D eigenvalue weighted by Gasteiger charge is 1.85. The van der Waals surface area contributed by atoms with Crippen molar-refractivity contribution in [3.05, 3.63) is 0 Å². The monoisotopic (exact) mass is 124 g/mol. The van der Waals surface area contributed by atoms with Gasteiger partial charge in [0.05, 0.1) is 5.92 Å². The summed E-state index contributed by atoms with van der Waals surface area (Å²) in [6, 6.07) is 0. The Morgan fingerprint density at radius 1 is 1.67 bits per heavy atom. The number of hydrogen-bond donors (Lipinski definition) is 1. The van der Waals surface area contributed by atoms with E-state index in [1.54, 1.807) is 13.3 Å². The van der Waals surface area contributed by atoms with Crippen LogP contribution in [0.4, 0.5) is 0 Å². The zero-order valence-electron chi connectivity index (χ0n) is 6.10. The minimum Gasteiger partial charge on any atom is -0.313 e. The Morgan fingerprint density at radius 2 is 2.33 bits per heavy atom. The normalized spacial score (nSPS) is 12.3. The Labute approximate surface area is 56.3 Å². The zero-order chi connectivity index (χ0) is 7.11. The first-order valence-electron chi connectivity index (χ1n) is 2.93. The minimum atomic E-state index is 0.252. The fourth-order valence-electron chi connectivity index (χ4n) is 0.451. The van der Waals surface area contributed by atoms with Gasteiger partial charge in [-0.25, -0.2) is 0 Å². The molecule has 0 heterocycles. The van der Waals surface area contributed by atoms with Crippen LogP contribution in [0.5, 0.6) is 0 Å². The lowest BCUT2D eigenvalue weighted by molar-refractivity contribution is 0.887. The molecule has 0 aromatic heterocycles. The molecule has 0 aromatic carbocycles. The molecule has 0 aromatic rings. The van der Waals surface area contributed by atoms with E-state index in [1.807, 2.05) is 13.8 Å². The summed E-state index contributed by atoms with van der Waals surface area (Å²) < 4.78 is 0. The molecule has 0 aliphatic heterocycles. The van der Waals surface area contributed by atoms with Gasteiger partial charge in [-0.1, -0.05) is 5.92 Å². The number of rotatable bonds is 2. The van der Waals surface area contributed by atoms with Crippen LogP contribution in [0.2, 0.25) is 0 Å². The molecule has 0 saturated carbocycles. The van der Waals surface area contributed by atoms with Crippen LogP contribution in [0.25, 0.3) is 0 Å². The summed E-state index contributed by atoms with van der Waals surface area (Å²) in [7, 11) is 1.77. The maximum atomic E-state index is 3.81. The first-order valence-corrected chi connectivity index (χ1v) is 2.93. The SMILES string of the molecule is CC#CC(C)/C=N\NC. The van der Waals surface area contributed by atoms with Crippen molar-refractivity contribution in [2.75, 3.05) is 7.05 Å². The number of hydrogen-bond acceptors (Lipinski definition) is 2. The second-order valence-corrected chi connectivity index (χ2v) is 1.68. The minimum absolute atomic E-state index is 0.252. The van der Waals surface area contributed by atoms with E-state index < -0.39 is 0 Å². The van der Waals surface area contributed by atoms with Gasteiger partial charge in [0, 0.05) is 13.3 Å². The van der Waals surface area contributed by atoms with Gasteiger partial charge < -0.3 is 5.43 Å². The van der Waals surface area contributed by atoms with Crippen LogP contribution in [0, 0.1) is 17.8 Å².